The second-order valence-corrected chi connectivity index (χ2v) is 8.07. The lowest BCUT2D eigenvalue weighted by molar-refractivity contribution is -0.140. The third-order valence-corrected chi connectivity index (χ3v) is 4.38. The number of aliphatic carboxylic acids is 1. The summed E-state index contributed by atoms with van der Waals surface area (Å²) in [6.45, 7) is 11.7. The molecule has 1 fully saturated rings. The van der Waals surface area contributed by atoms with Gasteiger partial charge in [0.15, 0.2) is 0 Å². The third kappa shape index (κ3) is 4.68. The molecule has 2 heterocycles. The van der Waals surface area contributed by atoms with Crippen LogP contribution in [-0.4, -0.2) is 63.6 Å². The lowest BCUT2D eigenvalue weighted by Crippen LogP contribution is -2.50. The molecular formula is C18H30N4O4. The molecule has 1 aromatic heterocycles. The topological polar surface area (TPSA) is 87.9 Å². The van der Waals surface area contributed by atoms with Gasteiger partial charge in [0.1, 0.15) is 17.3 Å². The van der Waals surface area contributed by atoms with E-state index in [-0.39, 0.29) is 12.0 Å². The van der Waals surface area contributed by atoms with Crippen molar-refractivity contribution in [1.82, 2.24) is 14.7 Å². The fraction of sp³-hybridized carbons (Fsp3) is 0.722. The molecule has 146 valence electrons. The van der Waals surface area contributed by atoms with E-state index in [0.29, 0.717) is 31.9 Å². The first-order valence-electron chi connectivity index (χ1n) is 8.99. The van der Waals surface area contributed by atoms with Crippen LogP contribution in [0.5, 0.6) is 0 Å². The average Bonchev–Trinajstić information content (AvgIpc) is 2.86. The van der Waals surface area contributed by atoms with Crippen molar-refractivity contribution in [2.75, 3.05) is 31.1 Å². The fourth-order valence-corrected chi connectivity index (χ4v) is 3.12. The van der Waals surface area contributed by atoms with Gasteiger partial charge in [-0.3, -0.25) is 9.48 Å². The normalized spacial score (nSPS) is 16.7. The van der Waals surface area contributed by atoms with Gasteiger partial charge in [-0.2, -0.15) is 5.10 Å². The zero-order valence-corrected chi connectivity index (χ0v) is 16.5. The molecule has 1 aliphatic rings. The van der Waals surface area contributed by atoms with E-state index in [4.69, 9.17) is 4.74 Å². The van der Waals surface area contributed by atoms with Gasteiger partial charge in [0.05, 0.1) is 5.69 Å². The Kier molecular flexibility index (Phi) is 5.83. The summed E-state index contributed by atoms with van der Waals surface area (Å²) in [5, 5.41) is 13.9. The lowest BCUT2D eigenvalue weighted by Gasteiger charge is -2.36. The van der Waals surface area contributed by atoms with Gasteiger partial charge in [-0.25, -0.2) is 4.79 Å². The van der Waals surface area contributed by atoms with Crippen LogP contribution >= 0.6 is 0 Å². The fourth-order valence-electron chi connectivity index (χ4n) is 3.12. The molecule has 1 aliphatic heterocycles. The van der Waals surface area contributed by atoms with Crippen LogP contribution in [0.15, 0.2) is 6.07 Å². The Morgan fingerprint density at radius 3 is 2.23 bits per heavy atom. The predicted molar refractivity (Wildman–Crippen MR) is 98.4 cm³/mol. The largest absolute Gasteiger partial charge is 0.481 e. The van der Waals surface area contributed by atoms with Crippen molar-refractivity contribution in [3.05, 3.63) is 11.8 Å². The molecule has 8 heteroatoms. The van der Waals surface area contributed by atoms with E-state index in [1.54, 1.807) is 9.58 Å². The first-order chi connectivity index (χ1) is 12.0. The van der Waals surface area contributed by atoms with E-state index in [1.165, 1.54) is 0 Å². The monoisotopic (exact) mass is 366 g/mol. The standard InChI is InChI=1S/C18H30N4O4/c1-12(2)15(16(23)24)13-11-14(20(6)19-13)21-7-9-22(10-8-21)17(25)26-18(3,4)5/h11-12,15H,7-10H2,1-6H3,(H,23,24). The van der Waals surface area contributed by atoms with Crippen molar-refractivity contribution < 1.29 is 19.4 Å². The van der Waals surface area contributed by atoms with Crippen molar-refractivity contribution in [3.63, 3.8) is 0 Å². The first-order valence-corrected chi connectivity index (χ1v) is 8.99. The van der Waals surface area contributed by atoms with Crippen molar-refractivity contribution in [2.45, 2.75) is 46.1 Å². The van der Waals surface area contributed by atoms with E-state index in [1.807, 2.05) is 47.7 Å². The molecule has 0 radical (unpaired) electrons. The number of aryl methyl sites for hydroxylation is 1. The van der Waals surface area contributed by atoms with Crippen LogP contribution in [0.3, 0.4) is 0 Å². The number of carbonyl (C=O) groups is 2. The molecule has 0 bridgehead atoms. The number of nitrogens with zero attached hydrogens (tertiary/aromatic N) is 4. The summed E-state index contributed by atoms with van der Waals surface area (Å²) in [6, 6.07) is 1.85. The van der Waals surface area contributed by atoms with Crippen molar-refractivity contribution in [1.29, 1.82) is 0 Å². The van der Waals surface area contributed by atoms with Gasteiger partial charge in [-0.05, 0) is 26.7 Å². The summed E-state index contributed by atoms with van der Waals surface area (Å²) in [5.41, 5.74) is 0.0629. The molecule has 26 heavy (non-hydrogen) atoms. The number of carboxylic acid groups (broad SMARTS) is 1. The van der Waals surface area contributed by atoms with Gasteiger partial charge >= 0.3 is 12.1 Å². The molecule has 0 aliphatic carbocycles. The number of carbonyl (C=O) groups excluding carboxylic acids is 1. The number of aromatic nitrogens is 2. The Morgan fingerprint density at radius 1 is 1.19 bits per heavy atom. The molecule has 1 amide bonds. The van der Waals surface area contributed by atoms with Crippen LogP contribution in [0.1, 0.15) is 46.2 Å². The number of anilines is 1. The summed E-state index contributed by atoms with van der Waals surface area (Å²) >= 11 is 0. The second-order valence-electron chi connectivity index (χ2n) is 8.07. The van der Waals surface area contributed by atoms with Gasteiger partial charge in [-0.1, -0.05) is 13.8 Å². The molecule has 1 N–H and O–H groups in total. The zero-order valence-electron chi connectivity index (χ0n) is 16.5. The molecule has 1 atom stereocenters. The summed E-state index contributed by atoms with van der Waals surface area (Å²) in [7, 11) is 1.82. The first kappa shape index (κ1) is 20.1. The number of piperazine rings is 1. The third-order valence-electron chi connectivity index (χ3n) is 4.38. The highest BCUT2D eigenvalue weighted by Gasteiger charge is 2.30. The highest BCUT2D eigenvalue weighted by Crippen LogP contribution is 2.27. The van der Waals surface area contributed by atoms with Gasteiger partial charge in [-0.15, -0.1) is 0 Å². The number of hydrogen-bond acceptors (Lipinski definition) is 5. The summed E-state index contributed by atoms with van der Waals surface area (Å²) in [6.07, 6.45) is -0.298. The number of ether oxygens (including phenoxy) is 1. The Balaban J connectivity index is 2.06. The van der Waals surface area contributed by atoms with Crippen LogP contribution < -0.4 is 4.90 Å². The molecule has 1 saturated heterocycles. The SMILES string of the molecule is CC(C)C(C(=O)O)c1cc(N2CCN(C(=O)OC(C)(C)C)CC2)n(C)n1. The van der Waals surface area contributed by atoms with Crippen molar-refractivity contribution >= 4 is 17.9 Å². The highest BCUT2D eigenvalue weighted by molar-refractivity contribution is 5.76. The molecule has 0 aromatic carbocycles. The minimum atomic E-state index is -0.862. The maximum atomic E-state index is 12.2. The maximum Gasteiger partial charge on any atom is 0.410 e. The highest BCUT2D eigenvalue weighted by atomic mass is 16.6. The van der Waals surface area contributed by atoms with Crippen LogP contribution in [0.2, 0.25) is 0 Å². The number of amides is 1. The van der Waals surface area contributed by atoms with E-state index in [2.05, 4.69) is 10.00 Å². The molecule has 2 rings (SSSR count). The number of hydrogen-bond donors (Lipinski definition) is 1. The van der Waals surface area contributed by atoms with E-state index >= 15 is 0 Å². The maximum absolute atomic E-state index is 12.2. The number of carboxylic acids is 1. The Hall–Kier alpha value is -2.25. The Morgan fingerprint density at radius 2 is 1.77 bits per heavy atom. The smallest absolute Gasteiger partial charge is 0.410 e. The van der Waals surface area contributed by atoms with Crippen LogP contribution in [-0.2, 0) is 16.6 Å². The number of rotatable bonds is 4. The molecule has 0 saturated carbocycles. The van der Waals surface area contributed by atoms with E-state index < -0.39 is 17.5 Å². The van der Waals surface area contributed by atoms with Gasteiger partial charge in [0.2, 0.25) is 0 Å². The Bertz CT molecular complexity index is 655. The summed E-state index contributed by atoms with van der Waals surface area (Å²) in [4.78, 5) is 27.5. The molecule has 8 nitrogen and oxygen atoms in total. The molecule has 1 aromatic rings. The zero-order chi connectivity index (χ0) is 19.6. The van der Waals surface area contributed by atoms with Gasteiger partial charge in [0, 0.05) is 39.3 Å². The molecule has 0 spiro atoms. The molecule has 1 unspecified atom stereocenters. The quantitative estimate of drug-likeness (QED) is 0.880. The van der Waals surface area contributed by atoms with Crippen LogP contribution in [0.25, 0.3) is 0 Å². The lowest BCUT2D eigenvalue weighted by atomic mass is 9.93. The summed E-state index contributed by atoms with van der Waals surface area (Å²) in [5.74, 6) is -0.660. The summed E-state index contributed by atoms with van der Waals surface area (Å²) < 4.78 is 7.13. The predicted octanol–water partition coefficient (Wildman–Crippen LogP) is 2.30. The van der Waals surface area contributed by atoms with Gasteiger partial charge < -0.3 is 19.6 Å². The minimum absolute atomic E-state index is 0.0423. The van der Waals surface area contributed by atoms with E-state index in [0.717, 1.165) is 5.82 Å². The van der Waals surface area contributed by atoms with Crippen LogP contribution in [0.4, 0.5) is 10.6 Å². The van der Waals surface area contributed by atoms with E-state index in [9.17, 15) is 14.7 Å². The minimum Gasteiger partial charge on any atom is -0.481 e. The van der Waals surface area contributed by atoms with Crippen LogP contribution in [0, 0.1) is 5.92 Å². The van der Waals surface area contributed by atoms with Crippen molar-refractivity contribution in [2.24, 2.45) is 13.0 Å². The van der Waals surface area contributed by atoms with Gasteiger partial charge in [0.25, 0.3) is 0 Å². The second kappa shape index (κ2) is 7.55. The molecular weight excluding hydrogens is 336 g/mol. The Labute approximate surface area is 154 Å². The van der Waals surface area contributed by atoms with Crippen molar-refractivity contribution in [3.8, 4) is 0 Å². The average molecular weight is 366 g/mol.